The molecule has 0 aliphatic heterocycles. The lowest BCUT2D eigenvalue weighted by Gasteiger charge is -2.22. The van der Waals surface area contributed by atoms with Gasteiger partial charge in [-0.05, 0) is 119 Å². The molecule has 85 heavy (non-hydrogen) atoms. The van der Waals surface area contributed by atoms with Crippen molar-refractivity contribution in [3.63, 3.8) is 0 Å². The van der Waals surface area contributed by atoms with Crippen molar-refractivity contribution in [3.05, 3.63) is 290 Å². The van der Waals surface area contributed by atoms with Gasteiger partial charge in [0, 0.05) is 71.5 Å². The largest absolute Gasteiger partial charge is 0.309 e. The zero-order valence-electron chi connectivity index (χ0n) is 45.6. The summed E-state index contributed by atoms with van der Waals surface area (Å²) in [5, 5.41) is 27.0. The topological polar surface area (TPSA) is 101 Å². The number of hydrogen-bond donors (Lipinski definition) is 0. The number of fused-ring (bicyclic) bond motifs is 9. The molecule has 0 radical (unpaired) electrons. The van der Waals surface area contributed by atoms with Crippen molar-refractivity contribution in [3.8, 4) is 96.7 Å². The first-order chi connectivity index (χ1) is 42.0. The molecule has 394 valence electrons. The predicted molar refractivity (Wildman–Crippen MR) is 345 cm³/mol. The number of aromatic nitrogens is 6. The summed E-state index contributed by atoms with van der Waals surface area (Å²) < 4.78 is 7.12. The van der Waals surface area contributed by atoms with Crippen molar-refractivity contribution in [2.75, 3.05) is 0 Å². The quantitative estimate of drug-likeness (QED) is 0.143. The van der Waals surface area contributed by atoms with Gasteiger partial charge in [-0.3, -0.25) is 0 Å². The van der Waals surface area contributed by atoms with Crippen molar-refractivity contribution in [1.29, 1.82) is 10.5 Å². The number of benzene rings is 12. The molecule has 8 heteroatoms. The molecule has 8 nitrogen and oxygen atoms in total. The van der Waals surface area contributed by atoms with Crippen LogP contribution in [0.4, 0.5) is 0 Å². The third-order valence-electron chi connectivity index (χ3n) is 16.5. The van der Waals surface area contributed by atoms with E-state index in [4.69, 9.17) is 15.0 Å². The molecule has 0 unspecified atom stereocenters. The maximum absolute atomic E-state index is 10.1. The van der Waals surface area contributed by atoms with Crippen LogP contribution in [0.1, 0.15) is 11.1 Å². The Hall–Kier alpha value is -12.0. The first kappa shape index (κ1) is 48.9. The van der Waals surface area contributed by atoms with Crippen molar-refractivity contribution >= 4 is 65.4 Å². The number of nitriles is 2. The summed E-state index contributed by atoms with van der Waals surface area (Å²) in [5.74, 6) is 1.68. The highest BCUT2D eigenvalue weighted by Gasteiger charge is 2.25. The Labute approximate surface area is 488 Å². The van der Waals surface area contributed by atoms with Crippen LogP contribution in [-0.4, -0.2) is 28.7 Å². The van der Waals surface area contributed by atoms with Gasteiger partial charge in [0.2, 0.25) is 0 Å². The van der Waals surface area contributed by atoms with Crippen LogP contribution in [-0.2, 0) is 0 Å². The Kier molecular flexibility index (Phi) is 11.5. The lowest BCUT2D eigenvalue weighted by molar-refractivity contribution is 1.07. The molecular weight excluding hydrogens is 1040 g/mol. The second-order valence-electron chi connectivity index (χ2n) is 21.4. The van der Waals surface area contributed by atoms with Crippen molar-refractivity contribution < 1.29 is 0 Å². The fourth-order valence-electron chi connectivity index (χ4n) is 12.7. The zero-order valence-corrected chi connectivity index (χ0v) is 45.6. The van der Waals surface area contributed by atoms with Gasteiger partial charge in [0.15, 0.2) is 17.5 Å². The molecule has 16 rings (SSSR count). The summed E-state index contributed by atoms with van der Waals surface area (Å²) in [7, 11) is 0. The minimum atomic E-state index is 0.434. The third kappa shape index (κ3) is 8.16. The molecule has 0 saturated carbocycles. The van der Waals surface area contributed by atoms with Crippen LogP contribution in [0.25, 0.3) is 150 Å². The highest BCUT2D eigenvalue weighted by molar-refractivity contribution is 6.13. The normalized spacial score (nSPS) is 11.5. The number of nitrogens with zero attached hydrogens (tertiary/aromatic N) is 8. The van der Waals surface area contributed by atoms with Crippen LogP contribution in [0.15, 0.2) is 279 Å². The molecule has 0 atom stereocenters. The lowest BCUT2D eigenvalue weighted by Crippen LogP contribution is -2.04. The standard InChI is InChI=1S/C77H46N8/c78-47-49-41-50(48-79)43-56(42-49)55-35-40-73-67(44-55)64-25-11-16-30-72(64)85(73)74-65(51-31-36-58(37-32-51)83-68-26-12-7-21-60(68)61-22-8-13-27-69(61)83)45-57(77-81-75(53-17-3-1-4-18-53)80-76(82-77)54-19-5-2-6-20-54)46-66(74)52-33-38-59(39-34-52)84-70-28-14-9-23-62(70)63-24-10-15-29-71(63)84/h1-46H. The first-order valence-corrected chi connectivity index (χ1v) is 28.3. The molecule has 12 aromatic carbocycles. The molecule has 0 amide bonds. The van der Waals surface area contributed by atoms with Crippen molar-refractivity contribution in [2.24, 2.45) is 0 Å². The van der Waals surface area contributed by atoms with E-state index in [0.29, 0.717) is 28.6 Å². The van der Waals surface area contributed by atoms with Gasteiger partial charge in [-0.1, -0.05) is 182 Å². The summed E-state index contributed by atoms with van der Waals surface area (Å²) in [6.45, 7) is 0. The van der Waals surface area contributed by atoms with Crippen LogP contribution in [0.2, 0.25) is 0 Å². The van der Waals surface area contributed by atoms with Gasteiger partial charge in [0.1, 0.15) is 0 Å². The molecule has 16 aromatic rings. The molecule has 0 saturated heterocycles. The van der Waals surface area contributed by atoms with Gasteiger partial charge >= 0.3 is 0 Å². The summed E-state index contributed by atoms with van der Waals surface area (Å²) >= 11 is 0. The Balaban J connectivity index is 0.994. The van der Waals surface area contributed by atoms with E-state index in [0.717, 1.165) is 111 Å². The third-order valence-corrected chi connectivity index (χ3v) is 16.5. The zero-order chi connectivity index (χ0) is 56.5. The van der Waals surface area contributed by atoms with Crippen molar-refractivity contribution in [2.45, 2.75) is 0 Å². The van der Waals surface area contributed by atoms with E-state index in [1.807, 2.05) is 72.8 Å². The highest BCUT2D eigenvalue weighted by Crippen LogP contribution is 2.46. The number of rotatable bonds is 9. The van der Waals surface area contributed by atoms with Gasteiger partial charge in [-0.15, -0.1) is 0 Å². The molecule has 4 heterocycles. The predicted octanol–water partition coefficient (Wildman–Crippen LogP) is 18.9. The second-order valence-corrected chi connectivity index (χ2v) is 21.4. The van der Waals surface area contributed by atoms with Gasteiger partial charge in [0.25, 0.3) is 0 Å². The smallest absolute Gasteiger partial charge is 0.164 e. The van der Waals surface area contributed by atoms with Crippen LogP contribution in [0, 0.1) is 22.7 Å². The molecule has 0 spiro atoms. The van der Waals surface area contributed by atoms with E-state index in [1.54, 1.807) is 6.07 Å². The molecule has 0 bridgehead atoms. The Morgan fingerprint density at radius 3 is 1.00 bits per heavy atom. The summed E-state index contributed by atoms with van der Waals surface area (Å²) in [6.07, 6.45) is 0. The highest BCUT2D eigenvalue weighted by atomic mass is 15.0. The van der Waals surface area contributed by atoms with Gasteiger partial charge in [0.05, 0.1) is 62.1 Å². The van der Waals surface area contributed by atoms with Crippen LogP contribution in [0.3, 0.4) is 0 Å². The molecule has 0 N–H and O–H groups in total. The van der Waals surface area contributed by atoms with Crippen LogP contribution in [0.5, 0.6) is 0 Å². The fourth-order valence-corrected chi connectivity index (χ4v) is 12.7. The second kappa shape index (κ2) is 19.9. The average Bonchev–Trinajstić information content (AvgIpc) is 2.30. The van der Waals surface area contributed by atoms with E-state index < -0.39 is 0 Å². The van der Waals surface area contributed by atoms with E-state index >= 15 is 0 Å². The molecule has 4 aromatic heterocycles. The molecule has 0 aliphatic rings. The first-order valence-electron chi connectivity index (χ1n) is 28.3. The Morgan fingerprint density at radius 2 is 0.588 bits per heavy atom. The number of hydrogen-bond acceptors (Lipinski definition) is 5. The molecular formula is C77H46N8. The molecule has 0 fully saturated rings. The summed E-state index contributed by atoms with van der Waals surface area (Å²) in [4.78, 5) is 15.8. The minimum Gasteiger partial charge on any atom is -0.309 e. The lowest BCUT2D eigenvalue weighted by atomic mass is 9.92. The van der Waals surface area contributed by atoms with Crippen molar-refractivity contribution in [1.82, 2.24) is 28.7 Å². The van der Waals surface area contributed by atoms with Crippen LogP contribution >= 0.6 is 0 Å². The average molecular weight is 1080 g/mol. The summed E-state index contributed by atoms with van der Waals surface area (Å²) in [5.41, 5.74) is 18.7. The maximum Gasteiger partial charge on any atom is 0.164 e. The monoisotopic (exact) mass is 1080 g/mol. The Bertz CT molecular complexity index is 5050. The van der Waals surface area contributed by atoms with Gasteiger partial charge in [-0.25, -0.2) is 15.0 Å². The molecule has 0 aliphatic carbocycles. The van der Waals surface area contributed by atoms with Gasteiger partial charge in [-0.2, -0.15) is 10.5 Å². The number of para-hydroxylation sites is 5. The Morgan fingerprint density at radius 1 is 0.247 bits per heavy atom. The fraction of sp³-hybridized carbons (Fsp3) is 0. The summed E-state index contributed by atoms with van der Waals surface area (Å²) in [6, 6.07) is 102. The van der Waals surface area contributed by atoms with Gasteiger partial charge < -0.3 is 13.7 Å². The van der Waals surface area contributed by atoms with E-state index in [9.17, 15) is 10.5 Å². The SMILES string of the molecule is N#Cc1cc(C#N)cc(-c2ccc3c(c2)c2ccccc2n3-c2c(-c3ccc(-n4c5ccccc5c5ccccc54)cc3)cc(-c3nc(-c4ccccc4)nc(-c4ccccc4)n3)cc2-c2ccc(-n3c4ccccc4c4ccccc43)cc2)c1. The van der Waals surface area contributed by atoms with Crippen LogP contribution < -0.4 is 0 Å². The van der Waals surface area contributed by atoms with E-state index in [2.05, 4.69) is 226 Å². The van der Waals surface area contributed by atoms with E-state index in [1.165, 1.54) is 21.5 Å². The minimum absolute atomic E-state index is 0.434. The van der Waals surface area contributed by atoms with E-state index in [-0.39, 0.29) is 0 Å². The maximum atomic E-state index is 10.1.